The van der Waals surface area contributed by atoms with Gasteiger partial charge in [0, 0.05) is 42.1 Å². The first kappa shape index (κ1) is 21.0. The first-order valence-electron chi connectivity index (χ1n) is 9.69. The quantitative estimate of drug-likeness (QED) is 0.435. The van der Waals surface area contributed by atoms with Gasteiger partial charge in [0.15, 0.2) is 0 Å². The van der Waals surface area contributed by atoms with Gasteiger partial charge in [-0.25, -0.2) is 18.6 Å². The minimum absolute atomic E-state index is 0.200. The normalized spacial score (nSPS) is 10.8. The van der Waals surface area contributed by atoms with E-state index in [1.807, 2.05) is 0 Å². The van der Waals surface area contributed by atoms with Gasteiger partial charge in [-0.2, -0.15) is 0 Å². The van der Waals surface area contributed by atoms with Gasteiger partial charge in [0.25, 0.3) is 5.56 Å². The van der Waals surface area contributed by atoms with Gasteiger partial charge < -0.3 is 16.0 Å². The van der Waals surface area contributed by atoms with Gasteiger partial charge in [0.05, 0.1) is 11.4 Å². The number of amides is 2. The zero-order chi connectivity index (χ0) is 22.8. The van der Waals surface area contributed by atoms with E-state index >= 15 is 0 Å². The number of hydrogen-bond acceptors (Lipinski definition) is 4. The molecule has 0 saturated heterocycles. The molecule has 0 saturated carbocycles. The number of fused-ring (bicyclic) bond motifs is 1. The predicted molar refractivity (Wildman–Crippen MR) is 121 cm³/mol. The van der Waals surface area contributed by atoms with Gasteiger partial charge in [-0.05, 0) is 36.6 Å². The fourth-order valence-electron chi connectivity index (χ4n) is 3.33. The second kappa shape index (κ2) is 8.46. The molecule has 2 aromatic carbocycles. The summed E-state index contributed by atoms with van der Waals surface area (Å²) in [7, 11) is 1.71. The van der Waals surface area contributed by atoms with Crippen LogP contribution in [0.5, 0.6) is 0 Å². The fraction of sp³-hybridized carbons (Fsp3) is 0.0870. The summed E-state index contributed by atoms with van der Waals surface area (Å²) in [6, 6.07) is 11.3. The summed E-state index contributed by atoms with van der Waals surface area (Å²) in [4.78, 5) is 29.4. The maximum Gasteiger partial charge on any atom is 0.323 e. The third-order valence-electron chi connectivity index (χ3n) is 4.98. The summed E-state index contributed by atoms with van der Waals surface area (Å²) in [5.41, 5.74) is -0.0720. The lowest BCUT2D eigenvalue weighted by Crippen LogP contribution is -2.23. The van der Waals surface area contributed by atoms with Crippen LogP contribution in [0, 0.1) is 18.6 Å². The number of benzene rings is 2. The zero-order valence-corrected chi connectivity index (χ0v) is 17.2. The van der Waals surface area contributed by atoms with Gasteiger partial charge in [0.2, 0.25) is 0 Å². The largest absolute Gasteiger partial charge is 0.373 e. The third-order valence-corrected chi connectivity index (χ3v) is 4.98. The van der Waals surface area contributed by atoms with Crippen molar-refractivity contribution in [1.82, 2.24) is 9.55 Å². The lowest BCUT2D eigenvalue weighted by atomic mass is 10.1. The number of rotatable bonds is 4. The van der Waals surface area contributed by atoms with Crippen LogP contribution in [0.2, 0.25) is 0 Å². The molecule has 0 spiro atoms. The summed E-state index contributed by atoms with van der Waals surface area (Å²) in [5, 5.41) is 9.07. The molecule has 0 fully saturated rings. The average Bonchev–Trinajstić information content (AvgIpc) is 2.78. The Kier molecular flexibility index (Phi) is 5.55. The molecular formula is C23H19F2N5O2. The third kappa shape index (κ3) is 4.00. The highest BCUT2D eigenvalue weighted by atomic mass is 19.1. The van der Waals surface area contributed by atoms with E-state index < -0.39 is 23.2 Å². The summed E-state index contributed by atoms with van der Waals surface area (Å²) < 4.78 is 30.1. The molecule has 4 aromatic rings. The molecule has 9 heteroatoms. The van der Waals surface area contributed by atoms with Crippen molar-refractivity contribution in [2.45, 2.75) is 6.92 Å². The Bertz CT molecular complexity index is 1390. The first-order chi connectivity index (χ1) is 15.4. The van der Waals surface area contributed by atoms with Crippen molar-refractivity contribution in [3.8, 4) is 5.69 Å². The van der Waals surface area contributed by atoms with E-state index in [-0.39, 0.29) is 11.4 Å². The van der Waals surface area contributed by atoms with E-state index in [9.17, 15) is 18.4 Å². The summed E-state index contributed by atoms with van der Waals surface area (Å²) in [6.45, 7) is 1.62. The van der Waals surface area contributed by atoms with Crippen molar-refractivity contribution in [3.63, 3.8) is 0 Å². The van der Waals surface area contributed by atoms with Crippen LogP contribution in [0.4, 0.5) is 30.8 Å². The predicted octanol–water partition coefficient (Wildman–Crippen LogP) is 4.66. The Morgan fingerprint density at radius 1 is 1.03 bits per heavy atom. The average molecular weight is 435 g/mol. The van der Waals surface area contributed by atoms with Gasteiger partial charge in [0.1, 0.15) is 17.5 Å². The second-order valence-electron chi connectivity index (χ2n) is 7.06. The Morgan fingerprint density at radius 3 is 2.50 bits per heavy atom. The number of pyridine rings is 2. The molecule has 7 nitrogen and oxygen atoms in total. The van der Waals surface area contributed by atoms with Crippen molar-refractivity contribution in [1.29, 1.82) is 0 Å². The smallest absolute Gasteiger partial charge is 0.323 e. The fourth-order valence-corrected chi connectivity index (χ4v) is 3.33. The number of nitrogens with zero attached hydrogens (tertiary/aromatic N) is 2. The lowest BCUT2D eigenvalue weighted by molar-refractivity contribution is 0.262. The van der Waals surface area contributed by atoms with Crippen molar-refractivity contribution >= 4 is 34.0 Å². The molecule has 0 atom stereocenters. The maximum atomic E-state index is 14.7. The minimum Gasteiger partial charge on any atom is -0.373 e. The van der Waals surface area contributed by atoms with E-state index in [4.69, 9.17) is 0 Å². The number of urea groups is 1. The summed E-state index contributed by atoms with van der Waals surface area (Å²) >= 11 is 0. The second-order valence-corrected chi connectivity index (χ2v) is 7.06. The molecule has 0 radical (unpaired) electrons. The molecule has 2 heterocycles. The molecule has 4 rings (SSSR count). The topological polar surface area (TPSA) is 88.0 Å². The van der Waals surface area contributed by atoms with E-state index in [2.05, 4.69) is 20.9 Å². The highest BCUT2D eigenvalue weighted by Gasteiger charge is 2.17. The number of carbonyl (C=O) groups is 1. The number of carbonyl (C=O) groups excluding carboxylic acids is 1. The van der Waals surface area contributed by atoms with Crippen LogP contribution in [-0.2, 0) is 0 Å². The standard InChI is InChI=1S/C23H19F2N5O2/c1-13-16-8-21(26-2)27-11-14(16)12-30(22(13)31)20-10-19(17(24)9-18(20)25)29-23(32)28-15-6-4-3-5-7-15/h3-12,26H,1-2H3,(H2,28,29,32). The number of nitrogens with one attached hydrogen (secondary N) is 3. The van der Waals surface area contributed by atoms with Crippen LogP contribution in [0.3, 0.4) is 0 Å². The SMILES string of the molecule is CNc1cc2c(C)c(=O)n(-c3cc(NC(=O)Nc4ccccc4)c(F)cc3F)cc2cn1. The number of aryl methyl sites for hydroxylation is 1. The number of anilines is 3. The molecule has 0 bridgehead atoms. The maximum absolute atomic E-state index is 14.7. The van der Waals surface area contributed by atoms with Gasteiger partial charge in [-0.1, -0.05) is 18.2 Å². The summed E-state index contributed by atoms with van der Waals surface area (Å²) in [6.07, 6.45) is 2.99. The van der Waals surface area contributed by atoms with Crippen molar-refractivity contribution in [2.75, 3.05) is 23.0 Å². The van der Waals surface area contributed by atoms with Crippen molar-refractivity contribution in [3.05, 3.63) is 88.5 Å². The number of para-hydroxylation sites is 1. The van der Waals surface area contributed by atoms with Crippen molar-refractivity contribution in [2.24, 2.45) is 0 Å². The van der Waals surface area contributed by atoms with Crippen molar-refractivity contribution < 1.29 is 13.6 Å². The highest BCUT2D eigenvalue weighted by molar-refractivity contribution is 6.00. The molecule has 2 amide bonds. The number of hydrogen-bond donors (Lipinski definition) is 3. The molecule has 0 aliphatic rings. The molecule has 3 N–H and O–H groups in total. The van der Waals surface area contributed by atoms with Crippen LogP contribution >= 0.6 is 0 Å². The van der Waals surface area contributed by atoms with Crippen LogP contribution in [0.25, 0.3) is 16.5 Å². The van der Waals surface area contributed by atoms with Crippen LogP contribution in [-0.4, -0.2) is 22.6 Å². The molecular weight excluding hydrogens is 416 g/mol. The van der Waals surface area contributed by atoms with Crippen LogP contribution in [0.1, 0.15) is 5.56 Å². The van der Waals surface area contributed by atoms with Crippen LogP contribution in [0.15, 0.2) is 65.7 Å². The summed E-state index contributed by atoms with van der Waals surface area (Å²) in [5.74, 6) is -1.33. The monoisotopic (exact) mass is 435 g/mol. The van der Waals surface area contributed by atoms with E-state index in [0.717, 1.165) is 10.6 Å². The molecule has 0 unspecified atom stereocenters. The molecule has 2 aromatic heterocycles. The first-order valence-corrected chi connectivity index (χ1v) is 9.69. The molecule has 162 valence electrons. The minimum atomic E-state index is -0.972. The van der Waals surface area contributed by atoms with Gasteiger partial charge in [-0.15, -0.1) is 0 Å². The Labute approximate surface area is 181 Å². The van der Waals surface area contributed by atoms with Gasteiger partial charge in [-0.3, -0.25) is 9.36 Å². The molecule has 32 heavy (non-hydrogen) atoms. The van der Waals surface area contributed by atoms with Gasteiger partial charge >= 0.3 is 6.03 Å². The van der Waals surface area contributed by atoms with Crippen LogP contribution < -0.4 is 21.5 Å². The Balaban J connectivity index is 1.74. The molecule has 0 aliphatic heterocycles. The zero-order valence-electron chi connectivity index (χ0n) is 17.2. The number of halogens is 2. The van der Waals surface area contributed by atoms with E-state index in [0.29, 0.717) is 33.9 Å². The lowest BCUT2D eigenvalue weighted by Gasteiger charge is -2.14. The van der Waals surface area contributed by atoms with E-state index in [1.54, 1.807) is 56.6 Å². The Morgan fingerprint density at radius 2 is 1.78 bits per heavy atom. The molecule has 0 aliphatic carbocycles. The Hall–Kier alpha value is -4.27. The highest BCUT2D eigenvalue weighted by Crippen LogP contribution is 2.25. The number of aromatic nitrogens is 2. The van der Waals surface area contributed by atoms with E-state index in [1.165, 1.54) is 6.20 Å².